The van der Waals surface area contributed by atoms with E-state index in [1.807, 2.05) is 6.92 Å². The Kier molecular flexibility index (Phi) is 7.24. The zero-order chi connectivity index (χ0) is 28.7. The van der Waals surface area contributed by atoms with E-state index in [0.717, 1.165) is 42.6 Å². The minimum Gasteiger partial charge on any atom is -0.383 e. The molecule has 216 valence electrons. The van der Waals surface area contributed by atoms with Crippen LogP contribution in [0.4, 0.5) is 5.82 Å². The molecule has 6 rings (SSSR count). The maximum absolute atomic E-state index is 13.8. The number of nitrogens with one attached hydrogen (secondary N) is 1. The summed E-state index contributed by atoms with van der Waals surface area (Å²) in [7, 11) is -1.76. The first-order valence-electron chi connectivity index (χ1n) is 13.9. The molecule has 0 aromatic carbocycles. The maximum atomic E-state index is 13.8. The van der Waals surface area contributed by atoms with Crippen molar-refractivity contribution >= 4 is 26.8 Å². The average Bonchev–Trinajstić information content (AvgIpc) is 3.89. The Bertz CT molecular complexity index is 1740. The number of anilines is 1. The molecule has 0 saturated heterocycles. The summed E-state index contributed by atoms with van der Waals surface area (Å²) >= 11 is 0. The Balaban J connectivity index is 0.00000353. The Morgan fingerprint density at radius 1 is 1.05 bits per heavy atom. The highest BCUT2D eigenvalue weighted by molar-refractivity contribution is 7.91. The lowest BCUT2D eigenvalue weighted by atomic mass is 10.0. The predicted molar refractivity (Wildman–Crippen MR) is 155 cm³/mol. The topological polar surface area (TPSA) is 155 Å². The summed E-state index contributed by atoms with van der Waals surface area (Å²) in [5.74, 6) is 1.39. The second-order valence-corrected chi connectivity index (χ2v) is 12.9. The lowest BCUT2D eigenvalue weighted by Gasteiger charge is -2.19. The lowest BCUT2D eigenvalue weighted by molar-refractivity contribution is 0.162. The Morgan fingerprint density at radius 2 is 1.76 bits per heavy atom. The molecule has 0 aliphatic heterocycles. The summed E-state index contributed by atoms with van der Waals surface area (Å²) < 4.78 is 31.2. The number of methoxy groups -OCH3 is 1. The van der Waals surface area contributed by atoms with Crippen LogP contribution in [0.25, 0.3) is 22.6 Å². The van der Waals surface area contributed by atoms with Gasteiger partial charge in [-0.3, -0.25) is 14.3 Å². The first-order chi connectivity index (χ1) is 19.8. The molecule has 0 unspecified atom stereocenters. The molecule has 12 nitrogen and oxygen atoms in total. The number of fused-ring (bicyclic) bond motifs is 1. The van der Waals surface area contributed by atoms with E-state index in [9.17, 15) is 13.2 Å². The predicted octanol–water partition coefficient (Wildman–Crippen LogP) is 3.65. The van der Waals surface area contributed by atoms with Gasteiger partial charge in [-0.15, -0.1) is 0 Å². The summed E-state index contributed by atoms with van der Waals surface area (Å²) in [6, 6.07) is 2.80. The van der Waals surface area contributed by atoms with Crippen molar-refractivity contribution < 1.29 is 14.6 Å². The van der Waals surface area contributed by atoms with Crippen molar-refractivity contribution in [3.63, 3.8) is 0 Å². The van der Waals surface area contributed by atoms with E-state index in [1.165, 1.54) is 12.3 Å². The van der Waals surface area contributed by atoms with Crippen molar-refractivity contribution in [2.45, 2.75) is 68.8 Å². The van der Waals surface area contributed by atoms with Crippen LogP contribution in [-0.4, -0.2) is 62.4 Å². The Morgan fingerprint density at radius 3 is 2.34 bits per heavy atom. The van der Waals surface area contributed by atoms with Gasteiger partial charge in [-0.1, -0.05) is 6.92 Å². The first-order valence-corrected chi connectivity index (χ1v) is 15.5. The minimum absolute atomic E-state index is 0. The van der Waals surface area contributed by atoms with Gasteiger partial charge in [-0.25, -0.2) is 33.3 Å². The average molecular weight is 579 g/mol. The molecule has 4 aromatic heterocycles. The van der Waals surface area contributed by atoms with Gasteiger partial charge in [0.1, 0.15) is 11.8 Å². The normalized spacial score (nSPS) is 16.2. The summed E-state index contributed by atoms with van der Waals surface area (Å²) in [6.07, 6.45) is 8.95. The largest absolute Gasteiger partial charge is 0.383 e. The van der Waals surface area contributed by atoms with Crippen molar-refractivity contribution in [3.05, 3.63) is 58.3 Å². The third kappa shape index (κ3) is 5.43. The van der Waals surface area contributed by atoms with Gasteiger partial charge in [0.25, 0.3) is 5.56 Å². The fourth-order valence-electron chi connectivity index (χ4n) is 4.98. The lowest BCUT2D eigenvalue weighted by Crippen LogP contribution is -2.30. The van der Waals surface area contributed by atoms with E-state index in [4.69, 9.17) is 14.7 Å². The highest BCUT2D eigenvalue weighted by Gasteiger charge is 2.35. The standard InChI is InChI=1S/C28H32N8O4S.H2/c1-4-41(38,39)20-10-9-19(29-12-20)11-30-26-28(37)36(16(2)14-40-3)27-21(34-26)13-31-25(35-27)22-23(17-5-6-17)32-15-33-24(22)18-7-8-18;/h9-10,12-13,15-18H,4-8,11,14H2,1-3H3,(H,30,34);1H/t16-;/m0./s1. The number of nitrogens with zero attached hydrogens (tertiary/aromatic N) is 7. The van der Waals surface area contributed by atoms with Gasteiger partial charge in [-0.05, 0) is 44.7 Å². The number of sulfone groups is 1. The van der Waals surface area contributed by atoms with Gasteiger partial charge < -0.3 is 10.1 Å². The molecule has 2 fully saturated rings. The quantitative estimate of drug-likeness (QED) is 0.277. The van der Waals surface area contributed by atoms with Crippen molar-refractivity contribution in [2.24, 2.45) is 0 Å². The monoisotopic (exact) mass is 578 g/mol. The number of hydrogen-bond donors (Lipinski definition) is 1. The fourth-order valence-corrected chi connectivity index (χ4v) is 5.80. The molecule has 2 aliphatic rings. The van der Waals surface area contributed by atoms with Crippen LogP contribution in [0.3, 0.4) is 0 Å². The van der Waals surface area contributed by atoms with Crippen LogP contribution in [-0.2, 0) is 21.1 Å². The molecule has 2 saturated carbocycles. The van der Waals surface area contributed by atoms with Crippen molar-refractivity contribution in [1.29, 1.82) is 0 Å². The molecule has 4 aromatic rings. The molecule has 41 heavy (non-hydrogen) atoms. The van der Waals surface area contributed by atoms with Gasteiger partial charge in [0.05, 0.1) is 58.7 Å². The molecule has 1 atom stereocenters. The zero-order valence-electron chi connectivity index (χ0n) is 23.2. The number of aromatic nitrogens is 7. The number of rotatable bonds is 11. The number of ether oxygens (including phenoxy) is 1. The smallest absolute Gasteiger partial charge is 0.295 e. The highest BCUT2D eigenvalue weighted by atomic mass is 32.2. The summed E-state index contributed by atoms with van der Waals surface area (Å²) in [5.41, 5.74) is 3.93. The van der Waals surface area contributed by atoms with E-state index < -0.39 is 9.84 Å². The second-order valence-electron chi connectivity index (χ2n) is 10.7. The van der Waals surface area contributed by atoms with Crippen molar-refractivity contribution in [2.75, 3.05) is 24.8 Å². The minimum atomic E-state index is -3.35. The molecule has 0 amide bonds. The van der Waals surface area contributed by atoms with Crippen LogP contribution in [0.1, 0.15) is 75.9 Å². The molecule has 2 aliphatic carbocycles. The van der Waals surface area contributed by atoms with E-state index >= 15 is 0 Å². The maximum Gasteiger partial charge on any atom is 0.295 e. The summed E-state index contributed by atoms with van der Waals surface area (Å²) in [6.45, 7) is 3.95. The van der Waals surface area contributed by atoms with Crippen LogP contribution in [0.15, 0.2) is 40.5 Å². The van der Waals surface area contributed by atoms with E-state index in [-0.39, 0.29) is 36.0 Å². The van der Waals surface area contributed by atoms with E-state index in [0.29, 0.717) is 41.1 Å². The molecule has 4 heterocycles. The SMILES string of the molecule is CCS(=O)(=O)c1ccc(CNc2nc3cnc(-c4c(C5CC5)ncnc4C4CC4)nc3n([C@@H](C)COC)c2=O)nc1.[HH]. The second kappa shape index (κ2) is 10.9. The molecule has 1 N–H and O–H groups in total. The molecule has 0 bridgehead atoms. The van der Waals surface area contributed by atoms with Gasteiger partial charge in [0, 0.05) is 26.6 Å². The van der Waals surface area contributed by atoms with Gasteiger partial charge in [0.15, 0.2) is 27.1 Å². The van der Waals surface area contributed by atoms with Crippen LogP contribution >= 0.6 is 0 Å². The van der Waals surface area contributed by atoms with Crippen LogP contribution in [0.2, 0.25) is 0 Å². The molecule has 0 spiro atoms. The fraction of sp³-hybridized carbons (Fsp3) is 0.464. The van der Waals surface area contributed by atoms with Crippen molar-refractivity contribution in [1.82, 2.24) is 34.5 Å². The van der Waals surface area contributed by atoms with Gasteiger partial charge in [-0.2, -0.15) is 0 Å². The Labute approximate surface area is 239 Å². The third-order valence-corrected chi connectivity index (χ3v) is 9.23. The van der Waals surface area contributed by atoms with Crippen molar-refractivity contribution in [3.8, 4) is 11.4 Å². The number of pyridine rings is 1. The molecule has 0 radical (unpaired) electrons. The third-order valence-electron chi connectivity index (χ3n) is 7.51. The summed E-state index contributed by atoms with van der Waals surface area (Å²) in [4.78, 5) is 41.6. The number of hydrogen-bond acceptors (Lipinski definition) is 11. The van der Waals surface area contributed by atoms with E-state index in [1.54, 1.807) is 37.2 Å². The van der Waals surface area contributed by atoms with Gasteiger partial charge in [0.2, 0.25) is 0 Å². The first kappa shape index (κ1) is 27.3. The molecular formula is C28H34N8O4S. The van der Waals surface area contributed by atoms with Gasteiger partial charge >= 0.3 is 0 Å². The highest BCUT2D eigenvalue weighted by Crippen LogP contribution is 2.48. The van der Waals surface area contributed by atoms with Crippen LogP contribution in [0, 0.1) is 0 Å². The van der Waals surface area contributed by atoms with E-state index in [2.05, 4.69) is 25.3 Å². The summed E-state index contributed by atoms with van der Waals surface area (Å²) in [5, 5.41) is 3.07. The van der Waals surface area contributed by atoms with Crippen LogP contribution < -0.4 is 10.9 Å². The molecular weight excluding hydrogens is 544 g/mol. The van der Waals surface area contributed by atoms with Crippen LogP contribution in [0.5, 0.6) is 0 Å². The molecule has 13 heteroatoms. The Hall–Kier alpha value is -3.84. The zero-order valence-corrected chi connectivity index (χ0v) is 24.1.